The monoisotopic (exact) mass is 397 g/mol. The van der Waals surface area contributed by atoms with Gasteiger partial charge in [-0.3, -0.25) is 4.79 Å². The van der Waals surface area contributed by atoms with Gasteiger partial charge in [0.05, 0.1) is 0 Å². The van der Waals surface area contributed by atoms with Crippen LogP contribution in [0.2, 0.25) is 0 Å². The van der Waals surface area contributed by atoms with E-state index in [4.69, 9.17) is 0 Å². The maximum atomic E-state index is 12.9. The summed E-state index contributed by atoms with van der Waals surface area (Å²) in [5.41, 5.74) is 1.76. The Morgan fingerprint density at radius 2 is 1.89 bits per heavy atom. The lowest BCUT2D eigenvalue weighted by molar-refractivity contribution is -0.124. The van der Waals surface area contributed by atoms with Crippen molar-refractivity contribution < 1.29 is 13.2 Å². The number of nitrogens with one attached hydrogen (secondary N) is 1. The molecule has 0 spiro atoms. The topological polar surface area (TPSA) is 78.8 Å². The number of rotatable bonds is 4. The maximum Gasteiger partial charge on any atom is 0.285 e. The van der Waals surface area contributed by atoms with Crippen LogP contribution in [0.1, 0.15) is 36.8 Å². The zero-order chi connectivity index (χ0) is 19.7. The lowest BCUT2D eigenvalue weighted by atomic mass is 10.0. The van der Waals surface area contributed by atoms with Gasteiger partial charge in [-0.15, -0.1) is 4.40 Å². The molecule has 0 aliphatic carbocycles. The van der Waals surface area contributed by atoms with Gasteiger partial charge in [0.2, 0.25) is 5.91 Å². The molecular formula is C21H23N3O3S. The van der Waals surface area contributed by atoms with Crippen molar-refractivity contribution in [3.05, 3.63) is 65.7 Å². The fourth-order valence-corrected chi connectivity index (χ4v) is 5.08. The molecule has 2 aliphatic rings. The van der Waals surface area contributed by atoms with Gasteiger partial charge >= 0.3 is 0 Å². The Labute approximate surface area is 165 Å². The van der Waals surface area contributed by atoms with Crippen molar-refractivity contribution in [2.75, 3.05) is 13.1 Å². The third-order valence-electron chi connectivity index (χ3n) is 5.39. The molecule has 1 N–H and O–H groups in total. The Morgan fingerprint density at radius 3 is 2.68 bits per heavy atom. The summed E-state index contributed by atoms with van der Waals surface area (Å²) < 4.78 is 28.7. The van der Waals surface area contributed by atoms with Crippen molar-refractivity contribution >= 4 is 21.8 Å². The van der Waals surface area contributed by atoms with Gasteiger partial charge < -0.3 is 10.2 Å². The first-order valence-electron chi connectivity index (χ1n) is 9.51. The van der Waals surface area contributed by atoms with Crippen LogP contribution in [0.3, 0.4) is 0 Å². The van der Waals surface area contributed by atoms with Crippen LogP contribution in [0, 0.1) is 0 Å². The summed E-state index contributed by atoms with van der Waals surface area (Å²) in [5, 5.41) is 3.04. The van der Waals surface area contributed by atoms with Crippen LogP contribution < -0.4 is 5.32 Å². The van der Waals surface area contributed by atoms with E-state index in [2.05, 4.69) is 16.6 Å². The van der Waals surface area contributed by atoms with Crippen molar-refractivity contribution in [3.8, 4) is 0 Å². The van der Waals surface area contributed by atoms with Crippen molar-refractivity contribution in [2.24, 2.45) is 4.40 Å². The third kappa shape index (κ3) is 3.42. The van der Waals surface area contributed by atoms with Gasteiger partial charge in [0.1, 0.15) is 10.9 Å². The van der Waals surface area contributed by atoms with Crippen LogP contribution in [0.4, 0.5) is 0 Å². The number of amidine groups is 1. The number of sulfonamides is 1. The second-order valence-corrected chi connectivity index (χ2v) is 8.87. The van der Waals surface area contributed by atoms with Crippen molar-refractivity contribution in [1.82, 2.24) is 10.2 Å². The number of likely N-dealkylation sites (tertiary alicyclic amines) is 1. The van der Waals surface area contributed by atoms with Crippen LogP contribution in [-0.4, -0.2) is 44.2 Å². The van der Waals surface area contributed by atoms with Crippen LogP contribution in [0.5, 0.6) is 0 Å². The number of carbonyl (C=O) groups is 1. The summed E-state index contributed by atoms with van der Waals surface area (Å²) in [6, 6.07) is 16.4. The van der Waals surface area contributed by atoms with Crippen LogP contribution in [-0.2, 0) is 14.8 Å². The number of fused-ring (bicyclic) bond motifs is 1. The van der Waals surface area contributed by atoms with E-state index in [1.807, 2.05) is 35.2 Å². The Bertz CT molecular complexity index is 1020. The number of amides is 1. The molecule has 1 amide bonds. The summed E-state index contributed by atoms with van der Waals surface area (Å²) in [5.74, 6) is 0.513. The average Bonchev–Trinajstić information content (AvgIpc) is 3.29. The molecular weight excluding hydrogens is 374 g/mol. The zero-order valence-electron chi connectivity index (χ0n) is 15.7. The molecule has 0 saturated carbocycles. The molecule has 2 aromatic carbocycles. The van der Waals surface area contributed by atoms with Gasteiger partial charge in [0.25, 0.3) is 10.0 Å². The van der Waals surface area contributed by atoms with Crippen LogP contribution >= 0.6 is 0 Å². The minimum Gasteiger partial charge on any atom is -0.354 e. The molecule has 0 bridgehead atoms. The molecule has 2 atom stereocenters. The third-order valence-corrected chi connectivity index (χ3v) is 6.72. The van der Waals surface area contributed by atoms with Gasteiger partial charge in [0.15, 0.2) is 5.84 Å². The van der Waals surface area contributed by atoms with E-state index < -0.39 is 16.1 Å². The van der Waals surface area contributed by atoms with Gasteiger partial charge in [0, 0.05) is 18.7 Å². The molecule has 0 unspecified atom stereocenters. The lowest BCUT2D eigenvalue weighted by Gasteiger charge is -2.26. The van der Waals surface area contributed by atoms with E-state index in [-0.39, 0.29) is 16.7 Å². The zero-order valence-corrected chi connectivity index (χ0v) is 16.5. The Morgan fingerprint density at radius 1 is 1.18 bits per heavy atom. The number of nitrogens with zero attached hydrogens (tertiary/aromatic N) is 2. The molecule has 4 rings (SSSR count). The predicted molar refractivity (Wildman–Crippen MR) is 108 cm³/mol. The van der Waals surface area contributed by atoms with Crippen LogP contribution in [0.25, 0.3) is 0 Å². The SMILES string of the molecule is C[C@@H](CNC(=O)[C@@H]1CCCN1C1=NS(=O)(=O)c2ccccc21)c1ccccc1. The second kappa shape index (κ2) is 7.39. The predicted octanol–water partition coefficient (Wildman–Crippen LogP) is 2.52. The first-order valence-corrected chi connectivity index (χ1v) is 10.9. The number of benzene rings is 2. The Hall–Kier alpha value is -2.67. The van der Waals surface area contributed by atoms with E-state index in [0.29, 0.717) is 30.9 Å². The van der Waals surface area contributed by atoms with Gasteiger partial charge in [-0.05, 0) is 36.5 Å². The van der Waals surface area contributed by atoms with Gasteiger partial charge in [-0.1, -0.05) is 49.4 Å². The molecule has 6 nitrogen and oxygen atoms in total. The standard InChI is InChI=1S/C21H23N3O3S/c1-15(16-8-3-2-4-9-16)14-22-21(25)18-11-7-13-24(18)20-17-10-5-6-12-19(17)28(26,27)23-20/h2-6,8-10,12,15,18H,7,11,13-14H2,1H3,(H,22,25)/t15-,18-/m0/s1. The lowest BCUT2D eigenvalue weighted by Crippen LogP contribution is -2.46. The Balaban J connectivity index is 1.49. The van der Waals surface area contributed by atoms with E-state index in [1.165, 1.54) is 5.56 Å². The highest BCUT2D eigenvalue weighted by Gasteiger charge is 2.39. The highest BCUT2D eigenvalue weighted by atomic mass is 32.2. The molecule has 2 heterocycles. The smallest absolute Gasteiger partial charge is 0.285 e. The number of hydrogen-bond donors (Lipinski definition) is 1. The van der Waals surface area contributed by atoms with Crippen LogP contribution in [0.15, 0.2) is 63.9 Å². The van der Waals surface area contributed by atoms with Gasteiger partial charge in [-0.2, -0.15) is 8.42 Å². The first-order chi connectivity index (χ1) is 13.5. The highest BCUT2D eigenvalue weighted by molar-refractivity contribution is 7.90. The molecule has 146 valence electrons. The Kier molecular flexibility index (Phi) is 4.93. The quantitative estimate of drug-likeness (QED) is 0.860. The molecule has 1 fully saturated rings. The number of hydrogen-bond acceptors (Lipinski definition) is 4. The summed E-state index contributed by atoms with van der Waals surface area (Å²) in [4.78, 5) is 14.9. The minimum atomic E-state index is -3.69. The van der Waals surface area contributed by atoms with E-state index in [9.17, 15) is 13.2 Å². The molecule has 28 heavy (non-hydrogen) atoms. The second-order valence-electron chi connectivity index (χ2n) is 7.29. The van der Waals surface area contributed by atoms with E-state index in [0.717, 1.165) is 6.42 Å². The fourth-order valence-electron chi connectivity index (χ4n) is 3.86. The summed E-state index contributed by atoms with van der Waals surface area (Å²) in [7, 11) is -3.69. The fraction of sp³-hybridized carbons (Fsp3) is 0.333. The average molecular weight is 398 g/mol. The molecule has 0 aromatic heterocycles. The first kappa shape index (κ1) is 18.7. The normalized spacial score (nSPS) is 21.1. The van der Waals surface area contributed by atoms with Crippen molar-refractivity contribution in [3.63, 3.8) is 0 Å². The van der Waals surface area contributed by atoms with E-state index in [1.54, 1.807) is 24.3 Å². The van der Waals surface area contributed by atoms with Gasteiger partial charge in [-0.25, -0.2) is 0 Å². The molecule has 2 aliphatic heterocycles. The summed E-state index contributed by atoms with van der Waals surface area (Å²) >= 11 is 0. The minimum absolute atomic E-state index is 0.0789. The molecule has 2 aromatic rings. The maximum absolute atomic E-state index is 12.9. The number of carbonyl (C=O) groups excluding carboxylic acids is 1. The van der Waals surface area contributed by atoms with Crippen molar-refractivity contribution in [2.45, 2.75) is 36.6 Å². The van der Waals surface area contributed by atoms with Crippen molar-refractivity contribution in [1.29, 1.82) is 0 Å². The largest absolute Gasteiger partial charge is 0.354 e. The molecule has 0 radical (unpaired) electrons. The molecule has 7 heteroatoms. The molecule has 1 saturated heterocycles. The highest BCUT2D eigenvalue weighted by Crippen LogP contribution is 2.31. The summed E-state index contributed by atoms with van der Waals surface area (Å²) in [6.07, 6.45) is 1.51. The summed E-state index contributed by atoms with van der Waals surface area (Å²) in [6.45, 7) is 3.23. The van der Waals surface area contributed by atoms with E-state index >= 15 is 0 Å².